The minimum absolute atomic E-state index is 0.142. The Morgan fingerprint density at radius 2 is 2.21 bits per heavy atom. The molecule has 0 saturated carbocycles. The molecule has 0 aliphatic carbocycles. The molecule has 28 heavy (non-hydrogen) atoms. The molecular weight excluding hydrogens is 416 g/mol. The summed E-state index contributed by atoms with van der Waals surface area (Å²) in [5, 5.41) is 5.04. The van der Waals surface area contributed by atoms with Gasteiger partial charge in [0.25, 0.3) is 5.91 Å². The molecule has 0 radical (unpaired) electrons. The summed E-state index contributed by atoms with van der Waals surface area (Å²) in [7, 11) is 1.65. The lowest BCUT2D eigenvalue weighted by Crippen LogP contribution is -2.20. The van der Waals surface area contributed by atoms with E-state index in [1.54, 1.807) is 18.7 Å². The Bertz CT molecular complexity index is 1020. The monoisotopic (exact) mass is 436 g/mol. The Kier molecular flexibility index (Phi) is 7.37. The fourth-order valence-electron chi connectivity index (χ4n) is 2.47. The maximum absolute atomic E-state index is 12.3. The SMILES string of the molecule is COCCn1c(=NC(=O)CSCC(=O)Nc2nccs2)sc2cc(C)ccc21. The second-order valence-corrected chi connectivity index (χ2v) is 8.77. The zero-order valence-electron chi connectivity index (χ0n) is 15.5. The van der Waals surface area contributed by atoms with Gasteiger partial charge in [0.2, 0.25) is 5.91 Å². The summed E-state index contributed by atoms with van der Waals surface area (Å²) in [5.74, 6) is -0.124. The molecule has 3 rings (SSSR count). The van der Waals surface area contributed by atoms with Gasteiger partial charge in [0.05, 0.1) is 28.3 Å². The minimum Gasteiger partial charge on any atom is -0.383 e. The summed E-state index contributed by atoms with van der Waals surface area (Å²) < 4.78 is 8.27. The summed E-state index contributed by atoms with van der Waals surface area (Å²) in [6.45, 7) is 3.19. The quantitative estimate of drug-likeness (QED) is 0.587. The highest BCUT2D eigenvalue weighted by Gasteiger charge is 2.10. The number of hydrogen-bond acceptors (Lipinski definition) is 7. The fraction of sp³-hybridized carbons (Fsp3) is 0.333. The number of benzene rings is 1. The van der Waals surface area contributed by atoms with Gasteiger partial charge in [-0.25, -0.2) is 4.98 Å². The van der Waals surface area contributed by atoms with Gasteiger partial charge in [0.1, 0.15) is 0 Å². The van der Waals surface area contributed by atoms with Gasteiger partial charge in [0.15, 0.2) is 9.93 Å². The van der Waals surface area contributed by atoms with Crippen molar-refractivity contribution < 1.29 is 14.3 Å². The van der Waals surface area contributed by atoms with Crippen molar-refractivity contribution in [1.29, 1.82) is 0 Å². The Balaban J connectivity index is 1.66. The van der Waals surface area contributed by atoms with Gasteiger partial charge in [-0.2, -0.15) is 4.99 Å². The lowest BCUT2D eigenvalue weighted by atomic mass is 10.2. The van der Waals surface area contributed by atoms with Gasteiger partial charge in [-0.05, 0) is 24.6 Å². The third kappa shape index (κ3) is 5.51. The summed E-state index contributed by atoms with van der Waals surface area (Å²) in [6.07, 6.45) is 1.63. The van der Waals surface area contributed by atoms with Gasteiger partial charge in [-0.15, -0.1) is 23.1 Å². The third-order valence-electron chi connectivity index (χ3n) is 3.71. The number of thioether (sulfide) groups is 1. The lowest BCUT2D eigenvalue weighted by Gasteiger charge is -2.04. The largest absolute Gasteiger partial charge is 0.383 e. The number of methoxy groups -OCH3 is 1. The van der Waals surface area contributed by atoms with Crippen LogP contribution in [0.25, 0.3) is 10.2 Å². The van der Waals surface area contributed by atoms with E-state index in [2.05, 4.69) is 21.4 Å². The number of carbonyl (C=O) groups is 2. The number of fused-ring (bicyclic) bond motifs is 1. The van der Waals surface area contributed by atoms with Crippen LogP contribution in [0.5, 0.6) is 0 Å². The molecule has 1 aromatic carbocycles. The minimum atomic E-state index is -0.263. The summed E-state index contributed by atoms with van der Waals surface area (Å²) in [5.41, 5.74) is 2.20. The smallest absolute Gasteiger partial charge is 0.258 e. The highest BCUT2D eigenvalue weighted by Crippen LogP contribution is 2.19. The van der Waals surface area contributed by atoms with E-state index < -0.39 is 0 Å². The molecule has 0 aliphatic rings. The number of anilines is 1. The zero-order chi connectivity index (χ0) is 19.9. The molecule has 0 atom stereocenters. The number of carbonyl (C=O) groups excluding carboxylic acids is 2. The van der Waals surface area contributed by atoms with Crippen molar-refractivity contribution in [3.8, 4) is 0 Å². The van der Waals surface area contributed by atoms with E-state index in [0.29, 0.717) is 23.1 Å². The van der Waals surface area contributed by atoms with Gasteiger partial charge in [-0.3, -0.25) is 9.59 Å². The van der Waals surface area contributed by atoms with E-state index >= 15 is 0 Å². The van der Waals surface area contributed by atoms with Crippen LogP contribution < -0.4 is 10.1 Å². The van der Waals surface area contributed by atoms with Crippen molar-refractivity contribution in [2.45, 2.75) is 13.5 Å². The fourth-order valence-corrected chi connectivity index (χ4v) is 4.79. The van der Waals surface area contributed by atoms with E-state index in [1.165, 1.54) is 34.4 Å². The number of ether oxygens (including phenoxy) is 1. The van der Waals surface area contributed by atoms with Crippen LogP contribution in [-0.2, 0) is 20.9 Å². The van der Waals surface area contributed by atoms with E-state index in [1.807, 2.05) is 23.6 Å². The third-order valence-corrected chi connectivity index (χ3v) is 6.36. The Hall–Kier alpha value is -2.01. The molecule has 3 aromatic rings. The maximum atomic E-state index is 12.3. The Morgan fingerprint density at radius 1 is 1.36 bits per heavy atom. The van der Waals surface area contributed by atoms with Crippen LogP contribution in [0.2, 0.25) is 0 Å². The summed E-state index contributed by atoms with van der Waals surface area (Å²) in [6, 6.07) is 6.17. The van der Waals surface area contributed by atoms with Crippen molar-refractivity contribution in [3.63, 3.8) is 0 Å². The molecule has 1 N–H and O–H groups in total. The van der Waals surface area contributed by atoms with Crippen LogP contribution >= 0.6 is 34.4 Å². The molecule has 2 heterocycles. The first kappa shape index (κ1) is 20.7. The van der Waals surface area contributed by atoms with Crippen LogP contribution in [0.1, 0.15) is 5.56 Å². The predicted octanol–water partition coefficient (Wildman–Crippen LogP) is 2.91. The summed E-state index contributed by atoms with van der Waals surface area (Å²) >= 11 is 4.07. The lowest BCUT2D eigenvalue weighted by molar-refractivity contribution is -0.115. The molecule has 148 valence electrons. The van der Waals surface area contributed by atoms with Crippen molar-refractivity contribution in [2.24, 2.45) is 4.99 Å². The second kappa shape index (κ2) is 9.97. The van der Waals surface area contributed by atoms with Crippen molar-refractivity contribution in [3.05, 3.63) is 40.1 Å². The van der Waals surface area contributed by atoms with E-state index in [4.69, 9.17) is 4.74 Å². The summed E-state index contributed by atoms with van der Waals surface area (Å²) in [4.78, 5) is 33.1. The van der Waals surface area contributed by atoms with Gasteiger partial charge in [0, 0.05) is 25.2 Å². The van der Waals surface area contributed by atoms with E-state index in [0.717, 1.165) is 15.8 Å². The molecule has 10 heteroatoms. The average molecular weight is 437 g/mol. The molecule has 0 bridgehead atoms. The first-order valence-corrected chi connectivity index (χ1v) is 11.4. The Labute approximate surface area is 174 Å². The average Bonchev–Trinajstić information content (AvgIpc) is 3.27. The molecule has 0 unspecified atom stereocenters. The number of nitrogens with one attached hydrogen (secondary N) is 1. The number of aryl methyl sites for hydroxylation is 1. The predicted molar refractivity (Wildman–Crippen MR) is 115 cm³/mol. The van der Waals surface area contributed by atoms with Crippen molar-refractivity contribution in [1.82, 2.24) is 9.55 Å². The standard InChI is InChI=1S/C18H20N4O3S3/c1-12-3-4-13-14(9-12)28-18(22(13)6-7-25-2)21-16(24)11-26-10-15(23)20-17-19-5-8-27-17/h3-5,8-9H,6-7,10-11H2,1-2H3,(H,19,20,23). The molecular formula is C18H20N4O3S3. The van der Waals surface area contributed by atoms with Crippen molar-refractivity contribution >= 4 is 61.6 Å². The van der Waals surface area contributed by atoms with Crippen LogP contribution in [0.15, 0.2) is 34.8 Å². The van der Waals surface area contributed by atoms with Crippen LogP contribution in [0.4, 0.5) is 5.13 Å². The van der Waals surface area contributed by atoms with Crippen LogP contribution in [-0.4, -0.2) is 46.6 Å². The first-order chi connectivity index (χ1) is 13.6. The molecule has 0 fully saturated rings. The highest BCUT2D eigenvalue weighted by atomic mass is 32.2. The molecule has 0 spiro atoms. The number of rotatable bonds is 8. The number of thiazole rings is 2. The topological polar surface area (TPSA) is 85.6 Å². The highest BCUT2D eigenvalue weighted by molar-refractivity contribution is 8.00. The van der Waals surface area contributed by atoms with Crippen LogP contribution in [0.3, 0.4) is 0 Å². The van der Waals surface area contributed by atoms with Gasteiger partial charge >= 0.3 is 0 Å². The second-order valence-electron chi connectivity index (χ2n) is 5.88. The molecule has 0 aliphatic heterocycles. The maximum Gasteiger partial charge on any atom is 0.258 e. The number of aromatic nitrogens is 2. The molecule has 0 saturated heterocycles. The number of nitrogens with zero attached hydrogens (tertiary/aromatic N) is 3. The molecule has 2 aromatic heterocycles. The Morgan fingerprint density at radius 3 is 2.96 bits per heavy atom. The van der Waals surface area contributed by atoms with Gasteiger partial charge < -0.3 is 14.6 Å². The van der Waals surface area contributed by atoms with Crippen LogP contribution in [0, 0.1) is 6.92 Å². The van der Waals surface area contributed by atoms with E-state index in [9.17, 15) is 9.59 Å². The number of hydrogen-bond donors (Lipinski definition) is 1. The van der Waals surface area contributed by atoms with E-state index in [-0.39, 0.29) is 23.3 Å². The van der Waals surface area contributed by atoms with Gasteiger partial charge in [-0.1, -0.05) is 17.4 Å². The first-order valence-electron chi connectivity index (χ1n) is 8.50. The zero-order valence-corrected chi connectivity index (χ0v) is 18.0. The molecule has 2 amide bonds. The normalized spacial score (nSPS) is 11.9. The molecule has 7 nitrogen and oxygen atoms in total. The number of amides is 2. The van der Waals surface area contributed by atoms with Crippen molar-refractivity contribution in [2.75, 3.05) is 30.5 Å².